The number of aromatic nitrogens is 1. The highest BCUT2D eigenvalue weighted by Crippen LogP contribution is 2.28. The van der Waals surface area contributed by atoms with Gasteiger partial charge in [0.25, 0.3) is 0 Å². The Labute approximate surface area is 117 Å². The molecule has 0 aliphatic carbocycles. The van der Waals surface area contributed by atoms with Crippen LogP contribution in [-0.2, 0) is 10.0 Å². The lowest BCUT2D eigenvalue weighted by atomic mass is 10.1. The van der Waals surface area contributed by atoms with Gasteiger partial charge < -0.3 is 15.8 Å². The zero-order valence-corrected chi connectivity index (χ0v) is 11.7. The molecule has 1 aromatic heterocycles. The highest BCUT2D eigenvalue weighted by atomic mass is 32.2. The highest BCUT2D eigenvalue weighted by Gasteiger charge is 2.30. The van der Waals surface area contributed by atoms with Gasteiger partial charge in [0.2, 0.25) is 10.0 Å². The molecule has 20 heavy (non-hydrogen) atoms. The molecule has 7 heteroatoms. The fourth-order valence-electron chi connectivity index (χ4n) is 2.55. The average Bonchev–Trinajstić information content (AvgIpc) is 2.82. The molecule has 1 aliphatic heterocycles. The zero-order valence-electron chi connectivity index (χ0n) is 10.9. The average molecular weight is 295 g/mol. The number of anilines is 1. The monoisotopic (exact) mass is 295 g/mol. The number of hydrogen-bond donors (Lipinski definition) is 3. The summed E-state index contributed by atoms with van der Waals surface area (Å²) in [5.41, 5.74) is 6.99. The number of benzene rings is 1. The van der Waals surface area contributed by atoms with Crippen molar-refractivity contribution < 1.29 is 13.5 Å². The summed E-state index contributed by atoms with van der Waals surface area (Å²) in [5, 5.41) is 10.1. The highest BCUT2D eigenvalue weighted by molar-refractivity contribution is 7.89. The van der Waals surface area contributed by atoms with Crippen LogP contribution in [0.5, 0.6) is 0 Å². The molecule has 0 saturated carbocycles. The summed E-state index contributed by atoms with van der Waals surface area (Å²) < 4.78 is 26.7. The first-order valence-corrected chi connectivity index (χ1v) is 7.97. The van der Waals surface area contributed by atoms with Crippen LogP contribution in [0.4, 0.5) is 5.69 Å². The Bertz CT molecular complexity index is 730. The smallest absolute Gasteiger partial charge is 0.245 e. The van der Waals surface area contributed by atoms with E-state index >= 15 is 0 Å². The summed E-state index contributed by atoms with van der Waals surface area (Å²) in [5.74, 6) is 0. The second-order valence-electron chi connectivity index (χ2n) is 5.09. The van der Waals surface area contributed by atoms with Crippen LogP contribution in [0.25, 0.3) is 10.9 Å². The summed E-state index contributed by atoms with van der Waals surface area (Å²) in [7, 11) is -3.53. The van der Waals surface area contributed by atoms with E-state index in [4.69, 9.17) is 5.73 Å². The third kappa shape index (κ3) is 2.17. The van der Waals surface area contributed by atoms with Crippen LogP contribution in [0.3, 0.4) is 0 Å². The van der Waals surface area contributed by atoms with Gasteiger partial charge in [0, 0.05) is 35.9 Å². The van der Waals surface area contributed by atoms with E-state index in [1.54, 1.807) is 18.2 Å². The summed E-state index contributed by atoms with van der Waals surface area (Å²) in [4.78, 5) is 3.22. The number of hydrogen-bond acceptors (Lipinski definition) is 4. The van der Waals surface area contributed by atoms with Crippen molar-refractivity contribution >= 4 is 26.6 Å². The van der Waals surface area contributed by atoms with Gasteiger partial charge in [-0.2, -0.15) is 4.31 Å². The first-order valence-electron chi connectivity index (χ1n) is 6.53. The summed E-state index contributed by atoms with van der Waals surface area (Å²) in [6.07, 6.45) is 2.07. The van der Waals surface area contributed by atoms with Crippen LogP contribution < -0.4 is 5.73 Å². The first kappa shape index (κ1) is 13.4. The van der Waals surface area contributed by atoms with Gasteiger partial charge in [0.05, 0.1) is 6.10 Å². The lowest BCUT2D eigenvalue weighted by Crippen LogP contribution is -2.39. The van der Waals surface area contributed by atoms with Gasteiger partial charge in [-0.25, -0.2) is 8.42 Å². The third-order valence-corrected chi connectivity index (χ3v) is 5.65. The molecule has 2 aromatic rings. The summed E-state index contributed by atoms with van der Waals surface area (Å²) in [6, 6.07) is 5.12. The third-order valence-electron chi connectivity index (χ3n) is 3.71. The largest absolute Gasteiger partial charge is 0.399 e. The first-order chi connectivity index (χ1) is 9.48. The van der Waals surface area contributed by atoms with E-state index in [1.165, 1.54) is 10.5 Å². The van der Waals surface area contributed by atoms with Crippen LogP contribution in [0.2, 0.25) is 0 Å². The van der Waals surface area contributed by atoms with E-state index in [2.05, 4.69) is 4.98 Å². The number of nitrogens with one attached hydrogen (secondary N) is 1. The summed E-state index contributed by atoms with van der Waals surface area (Å²) >= 11 is 0. The molecule has 1 aliphatic rings. The van der Waals surface area contributed by atoms with Gasteiger partial charge in [-0.3, -0.25) is 0 Å². The van der Waals surface area contributed by atoms with Crippen molar-refractivity contribution in [3.05, 3.63) is 24.4 Å². The molecule has 6 nitrogen and oxygen atoms in total. The van der Waals surface area contributed by atoms with Crippen LogP contribution in [0.1, 0.15) is 12.8 Å². The number of nitrogens with two attached hydrogens (primary N) is 1. The number of aliphatic hydroxyl groups is 1. The minimum Gasteiger partial charge on any atom is -0.399 e. The Hall–Kier alpha value is -1.57. The predicted octanol–water partition coefficient (Wildman–Crippen LogP) is 0.895. The Balaban J connectivity index is 2.01. The van der Waals surface area contributed by atoms with Crippen molar-refractivity contribution in [2.45, 2.75) is 23.8 Å². The van der Waals surface area contributed by atoms with E-state index in [9.17, 15) is 13.5 Å². The van der Waals surface area contributed by atoms with Crippen LogP contribution in [0.15, 0.2) is 29.3 Å². The molecule has 0 atom stereocenters. The lowest BCUT2D eigenvalue weighted by Gasteiger charge is -2.28. The predicted molar refractivity (Wildman–Crippen MR) is 76.7 cm³/mol. The Morgan fingerprint density at radius 2 is 2.00 bits per heavy atom. The van der Waals surface area contributed by atoms with Gasteiger partial charge >= 0.3 is 0 Å². The minimum absolute atomic E-state index is 0.267. The molecule has 1 aromatic carbocycles. The fraction of sp³-hybridized carbons (Fsp3) is 0.385. The van der Waals surface area contributed by atoms with E-state index in [0.29, 0.717) is 42.5 Å². The van der Waals surface area contributed by atoms with E-state index in [1.807, 2.05) is 0 Å². The van der Waals surface area contributed by atoms with E-state index < -0.39 is 16.1 Å². The molecule has 0 bridgehead atoms. The standard InChI is InChI=1S/C13H17N3O3S/c14-9-1-2-11-12(7-9)15-8-13(11)20(18,19)16-5-3-10(17)4-6-16/h1-2,7-8,10,15,17H,3-6,14H2. The molecule has 0 unspecified atom stereocenters. The number of aromatic amines is 1. The number of piperidine rings is 1. The molecule has 4 N–H and O–H groups in total. The normalized spacial score (nSPS) is 18.6. The van der Waals surface area contributed by atoms with Crippen LogP contribution in [-0.4, -0.2) is 42.0 Å². The molecule has 3 rings (SSSR count). The van der Waals surface area contributed by atoms with Gasteiger partial charge in [-0.15, -0.1) is 0 Å². The van der Waals surface area contributed by atoms with Crippen molar-refractivity contribution in [3.8, 4) is 0 Å². The van der Waals surface area contributed by atoms with Crippen LogP contribution >= 0.6 is 0 Å². The van der Waals surface area contributed by atoms with Crippen molar-refractivity contribution in [2.75, 3.05) is 18.8 Å². The number of sulfonamides is 1. The molecule has 0 amide bonds. The number of rotatable bonds is 2. The molecule has 1 fully saturated rings. The van der Waals surface area contributed by atoms with Crippen molar-refractivity contribution in [1.29, 1.82) is 0 Å². The molecule has 108 valence electrons. The molecular formula is C13H17N3O3S. The Morgan fingerprint density at radius 3 is 2.70 bits per heavy atom. The molecule has 1 saturated heterocycles. The molecule has 0 radical (unpaired) electrons. The van der Waals surface area contributed by atoms with Crippen molar-refractivity contribution in [2.24, 2.45) is 0 Å². The Morgan fingerprint density at radius 1 is 1.30 bits per heavy atom. The van der Waals surface area contributed by atoms with E-state index in [0.717, 1.165) is 0 Å². The Kier molecular flexibility index (Phi) is 3.19. The number of aliphatic hydroxyl groups excluding tert-OH is 1. The fourth-order valence-corrected chi connectivity index (χ4v) is 4.19. The molecule has 0 spiro atoms. The molecule has 2 heterocycles. The quantitative estimate of drug-likeness (QED) is 0.717. The lowest BCUT2D eigenvalue weighted by molar-refractivity contribution is 0.113. The van der Waals surface area contributed by atoms with Crippen molar-refractivity contribution in [3.63, 3.8) is 0 Å². The SMILES string of the molecule is Nc1ccc2c(S(=O)(=O)N3CCC(O)CC3)c[nH]c2c1. The zero-order chi connectivity index (χ0) is 14.3. The maximum atomic E-state index is 12.6. The van der Waals surface area contributed by atoms with Crippen LogP contribution in [0, 0.1) is 0 Å². The topological polar surface area (TPSA) is 99.4 Å². The number of nitrogens with zero attached hydrogens (tertiary/aromatic N) is 1. The number of H-pyrrole nitrogens is 1. The molecular weight excluding hydrogens is 278 g/mol. The number of nitrogen functional groups attached to an aromatic ring is 1. The van der Waals surface area contributed by atoms with Gasteiger partial charge in [-0.1, -0.05) is 0 Å². The second kappa shape index (κ2) is 4.76. The minimum atomic E-state index is -3.53. The van der Waals surface area contributed by atoms with Gasteiger partial charge in [0.15, 0.2) is 0 Å². The van der Waals surface area contributed by atoms with Crippen molar-refractivity contribution in [1.82, 2.24) is 9.29 Å². The van der Waals surface area contributed by atoms with E-state index in [-0.39, 0.29) is 4.90 Å². The van der Waals surface area contributed by atoms with Gasteiger partial charge in [0.1, 0.15) is 4.90 Å². The maximum absolute atomic E-state index is 12.6. The maximum Gasteiger partial charge on any atom is 0.245 e. The second-order valence-corrected chi connectivity index (χ2v) is 7.00. The van der Waals surface area contributed by atoms with Gasteiger partial charge in [-0.05, 0) is 31.0 Å². The number of fused-ring (bicyclic) bond motifs is 1. The summed E-state index contributed by atoms with van der Waals surface area (Å²) in [6.45, 7) is 0.705.